The molecule has 0 bridgehead atoms. The minimum atomic E-state index is -4.36. The van der Waals surface area contributed by atoms with Crippen LogP contribution in [-0.2, 0) is 6.18 Å². The van der Waals surface area contributed by atoms with Gasteiger partial charge < -0.3 is 10.2 Å². The lowest BCUT2D eigenvalue weighted by Gasteiger charge is -2.29. The maximum absolute atomic E-state index is 12.9. The summed E-state index contributed by atoms with van der Waals surface area (Å²) in [7, 11) is 0. The Morgan fingerprint density at radius 1 is 0.944 bits per heavy atom. The van der Waals surface area contributed by atoms with Gasteiger partial charge in [-0.05, 0) is 61.1 Å². The topological polar surface area (TPSA) is 45.2 Å². The lowest BCUT2D eigenvalue weighted by molar-refractivity contribution is -0.137. The molecule has 2 aromatic carbocycles. The van der Waals surface area contributed by atoms with Gasteiger partial charge in [-0.25, -0.2) is 0 Å². The molecular formula is C28H32F3N3OS. The average Bonchev–Trinajstić information content (AvgIpc) is 2.90. The van der Waals surface area contributed by atoms with E-state index in [1.165, 1.54) is 11.8 Å². The highest BCUT2D eigenvalue weighted by Gasteiger charge is 2.30. The summed E-state index contributed by atoms with van der Waals surface area (Å²) in [5.41, 5.74) is 1.67. The lowest BCUT2D eigenvalue weighted by atomic mass is 10.0. The van der Waals surface area contributed by atoms with E-state index in [1.807, 2.05) is 18.2 Å². The van der Waals surface area contributed by atoms with Gasteiger partial charge in [-0.15, -0.1) is 11.8 Å². The van der Waals surface area contributed by atoms with Crippen LogP contribution in [0.1, 0.15) is 54.4 Å². The van der Waals surface area contributed by atoms with Crippen molar-refractivity contribution in [3.63, 3.8) is 0 Å². The number of Topliss-reactive ketones (excluding diaryl/α,β-unsaturated/α-hetero) is 1. The van der Waals surface area contributed by atoms with Crippen LogP contribution in [-0.4, -0.2) is 42.7 Å². The van der Waals surface area contributed by atoms with Crippen molar-refractivity contribution in [2.45, 2.75) is 49.6 Å². The summed E-state index contributed by atoms with van der Waals surface area (Å²) in [6, 6.07) is 13.6. The summed E-state index contributed by atoms with van der Waals surface area (Å²) in [5, 5.41) is 4.11. The first-order valence-electron chi connectivity index (χ1n) is 12.6. The first-order valence-corrected chi connectivity index (χ1v) is 13.6. The average molecular weight is 516 g/mol. The highest BCUT2D eigenvalue weighted by atomic mass is 32.2. The molecule has 36 heavy (non-hydrogen) atoms. The second-order valence-electron chi connectivity index (χ2n) is 9.11. The van der Waals surface area contributed by atoms with Crippen molar-refractivity contribution >= 4 is 34.1 Å². The van der Waals surface area contributed by atoms with Gasteiger partial charge in [0.1, 0.15) is 0 Å². The molecule has 1 saturated heterocycles. The summed E-state index contributed by atoms with van der Waals surface area (Å²) in [4.78, 5) is 19.9. The maximum atomic E-state index is 12.9. The molecule has 3 aromatic rings. The van der Waals surface area contributed by atoms with Crippen molar-refractivity contribution in [3.05, 3.63) is 65.9 Å². The number of piperazine rings is 1. The van der Waals surface area contributed by atoms with Crippen LogP contribution in [0.5, 0.6) is 0 Å². The van der Waals surface area contributed by atoms with Crippen LogP contribution in [0.2, 0.25) is 0 Å². The van der Waals surface area contributed by atoms with E-state index >= 15 is 0 Å². The van der Waals surface area contributed by atoms with Crippen LogP contribution >= 0.6 is 11.8 Å². The second kappa shape index (κ2) is 12.6. The van der Waals surface area contributed by atoms with Crippen LogP contribution in [0.15, 0.2) is 59.6 Å². The molecule has 0 spiro atoms. The number of unbranched alkanes of at least 4 members (excludes halogenated alkanes) is 4. The number of benzene rings is 2. The van der Waals surface area contributed by atoms with E-state index < -0.39 is 11.7 Å². The van der Waals surface area contributed by atoms with E-state index in [0.717, 1.165) is 92.0 Å². The maximum Gasteiger partial charge on any atom is 0.416 e. The molecule has 4 nitrogen and oxygen atoms in total. The SMILES string of the molecule is O=C(CCCCCCCSc1ccnc2cc(C(F)(F)F)ccc12)c1ccc(N2CCNCC2)cc1. The fraction of sp³-hybridized carbons (Fsp3) is 0.429. The van der Waals surface area contributed by atoms with E-state index in [1.54, 1.807) is 18.0 Å². The molecule has 1 aromatic heterocycles. The van der Waals surface area contributed by atoms with Gasteiger partial charge in [0, 0.05) is 60.3 Å². The molecule has 192 valence electrons. The normalized spacial score (nSPS) is 14.4. The monoisotopic (exact) mass is 515 g/mol. The number of anilines is 1. The fourth-order valence-corrected chi connectivity index (χ4v) is 5.50. The number of nitrogens with zero attached hydrogens (tertiary/aromatic N) is 2. The predicted molar refractivity (Wildman–Crippen MR) is 141 cm³/mol. The van der Waals surface area contributed by atoms with Gasteiger partial charge >= 0.3 is 6.18 Å². The van der Waals surface area contributed by atoms with Crippen molar-refractivity contribution in [3.8, 4) is 0 Å². The van der Waals surface area contributed by atoms with Crippen molar-refractivity contribution in [2.24, 2.45) is 0 Å². The van der Waals surface area contributed by atoms with E-state index in [0.29, 0.717) is 11.9 Å². The molecule has 0 saturated carbocycles. The molecule has 0 unspecified atom stereocenters. The van der Waals surface area contributed by atoms with Gasteiger partial charge in [0.05, 0.1) is 11.1 Å². The standard InChI is InChI=1S/C28H32F3N3OS/c29-28(30,31)22-9-12-24-25(20-22)33-14-13-27(24)36-19-5-3-1-2-4-6-26(35)21-7-10-23(11-8-21)34-17-15-32-16-18-34/h7-14,20,32H,1-6,15-19H2. The van der Waals surface area contributed by atoms with Crippen LogP contribution < -0.4 is 10.2 Å². The van der Waals surface area contributed by atoms with Crippen LogP contribution in [0.25, 0.3) is 10.9 Å². The summed E-state index contributed by atoms with van der Waals surface area (Å²) >= 11 is 1.66. The number of hydrogen-bond acceptors (Lipinski definition) is 5. The third-order valence-electron chi connectivity index (χ3n) is 6.51. The molecule has 1 fully saturated rings. The van der Waals surface area contributed by atoms with E-state index in [4.69, 9.17) is 0 Å². The predicted octanol–water partition coefficient (Wildman–Crippen LogP) is 6.98. The zero-order valence-electron chi connectivity index (χ0n) is 20.3. The number of aromatic nitrogens is 1. The first kappa shape index (κ1) is 26.5. The van der Waals surface area contributed by atoms with Crippen molar-refractivity contribution in [2.75, 3.05) is 36.8 Å². The minimum absolute atomic E-state index is 0.204. The Morgan fingerprint density at radius 2 is 1.67 bits per heavy atom. The number of ketones is 1. The first-order chi connectivity index (χ1) is 17.4. The number of carbonyl (C=O) groups excluding carboxylic acids is 1. The summed E-state index contributed by atoms with van der Waals surface area (Å²) in [6.07, 6.45) is 2.86. The Bertz CT molecular complexity index is 1140. The van der Waals surface area contributed by atoms with Gasteiger partial charge in [-0.1, -0.05) is 25.3 Å². The van der Waals surface area contributed by atoms with Gasteiger partial charge in [-0.3, -0.25) is 9.78 Å². The molecule has 2 heterocycles. The number of alkyl halides is 3. The Hall–Kier alpha value is -2.58. The molecule has 0 radical (unpaired) electrons. The smallest absolute Gasteiger partial charge is 0.369 e. The van der Waals surface area contributed by atoms with E-state index in [2.05, 4.69) is 27.3 Å². The van der Waals surface area contributed by atoms with Crippen molar-refractivity contribution < 1.29 is 18.0 Å². The number of carbonyl (C=O) groups is 1. The number of thioether (sulfide) groups is 1. The zero-order chi connectivity index (χ0) is 25.4. The van der Waals surface area contributed by atoms with Gasteiger partial charge in [0.2, 0.25) is 0 Å². The molecule has 8 heteroatoms. The molecule has 0 aliphatic carbocycles. The number of pyridine rings is 1. The number of hydrogen-bond donors (Lipinski definition) is 1. The third kappa shape index (κ3) is 7.23. The van der Waals surface area contributed by atoms with Gasteiger partial charge in [0.15, 0.2) is 5.78 Å². The Morgan fingerprint density at radius 3 is 2.42 bits per heavy atom. The van der Waals surface area contributed by atoms with E-state index in [9.17, 15) is 18.0 Å². The number of rotatable bonds is 11. The molecule has 0 atom stereocenters. The third-order valence-corrected chi connectivity index (χ3v) is 7.67. The summed E-state index contributed by atoms with van der Waals surface area (Å²) in [5.74, 6) is 1.11. The van der Waals surface area contributed by atoms with Gasteiger partial charge in [0.25, 0.3) is 0 Å². The molecule has 1 N–H and O–H groups in total. The summed E-state index contributed by atoms with van der Waals surface area (Å²) in [6.45, 7) is 3.97. The summed E-state index contributed by atoms with van der Waals surface area (Å²) < 4.78 is 38.8. The number of halogens is 3. The van der Waals surface area contributed by atoms with Crippen LogP contribution in [0.3, 0.4) is 0 Å². The van der Waals surface area contributed by atoms with Crippen LogP contribution in [0, 0.1) is 0 Å². The highest BCUT2D eigenvalue weighted by Crippen LogP contribution is 2.34. The van der Waals surface area contributed by atoms with Crippen LogP contribution in [0.4, 0.5) is 18.9 Å². The molecule has 4 rings (SSSR count). The molecule has 0 amide bonds. The molecular weight excluding hydrogens is 483 g/mol. The van der Waals surface area contributed by atoms with Gasteiger partial charge in [-0.2, -0.15) is 13.2 Å². The quantitative estimate of drug-likeness (QED) is 0.170. The Kier molecular flexibility index (Phi) is 9.26. The van der Waals surface area contributed by atoms with Crippen molar-refractivity contribution in [1.82, 2.24) is 10.3 Å². The fourth-order valence-electron chi connectivity index (χ4n) is 4.45. The number of fused-ring (bicyclic) bond motifs is 1. The minimum Gasteiger partial charge on any atom is -0.369 e. The van der Waals surface area contributed by atoms with E-state index in [-0.39, 0.29) is 5.78 Å². The number of nitrogens with one attached hydrogen (secondary N) is 1. The van der Waals surface area contributed by atoms with Crippen molar-refractivity contribution in [1.29, 1.82) is 0 Å². The Balaban J connectivity index is 1.13. The second-order valence-corrected chi connectivity index (χ2v) is 10.2. The molecule has 1 aliphatic heterocycles. The zero-order valence-corrected chi connectivity index (χ0v) is 21.1. The lowest BCUT2D eigenvalue weighted by Crippen LogP contribution is -2.43. The highest BCUT2D eigenvalue weighted by molar-refractivity contribution is 7.99. The molecule has 1 aliphatic rings. The largest absolute Gasteiger partial charge is 0.416 e. The Labute approximate surface area is 214 Å².